The molecule has 0 spiro atoms. The quantitative estimate of drug-likeness (QED) is 0.576. The summed E-state index contributed by atoms with van der Waals surface area (Å²) in [7, 11) is 0. The van der Waals surface area contributed by atoms with E-state index in [-0.39, 0.29) is 0 Å². The first-order valence-electron chi connectivity index (χ1n) is 6.30. The molecule has 2 rings (SSSR count). The second-order valence-corrected chi connectivity index (χ2v) is 4.29. The van der Waals surface area contributed by atoms with Crippen molar-refractivity contribution >= 4 is 6.21 Å². The van der Waals surface area contributed by atoms with Crippen LogP contribution in [0.2, 0.25) is 0 Å². The summed E-state index contributed by atoms with van der Waals surface area (Å²) in [6.07, 6.45) is 8.42. The molecule has 1 fully saturated rings. The van der Waals surface area contributed by atoms with Crippen LogP contribution in [0.5, 0.6) is 5.75 Å². The molecule has 0 saturated heterocycles. The maximum absolute atomic E-state index is 5.69. The first-order valence-corrected chi connectivity index (χ1v) is 6.30. The van der Waals surface area contributed by atoms with Crippen LogP contribution in [-0.2, 0) is 4.74 Å². The van der Waals surface area contributed by atoms with Crippen molar-refractivity contribution < 1.29 is 9.57 Å². The predicted molar refractivity (Wildman–Crippen MR) is 68.4 cm³/mol. The molecule has 1 aliphatic rings. The molecule has 0 heterocycles. The number of para-hydroxylation sites is 1. The van der Waals surface area contributed by atoms with Gasteiger partial charge in [0.2, 0.25) is 0 Å². The van der Waals surface area contributed by atoms with E-state index >= 15 is 0 Å². The fraction of sp³-hybridized carbons (Fsp3) is 0.500. The van der Waals surface area contributed by atoms with Crippen LogP contribution in [0.1, 0.15) is 32.1 Å². The van der Waals surface area contributed by atoms with E-state index < -0.39 is 0 Å². The van der Waals surface area contributed by atoms with Crippen molar-refractivity contribution in [2.45, 2.75) is 38.2 Å². The molecule has 0 atom stereocenters. The molecule has 0 N–H and O–H groups in total. The first kappa shape index (κ1) is 12.1. The lowest BCUT2D eigenvalue weighted by Crippen LogP contribution is -2.17. The van der Waals surface area contributed by atoms with E-state index in [9.17, 15) is 0 Å². The Balaban J connectivity index is 1.61. The van der Waals surface area contributed by atoms with Crippen molar-refractivity contribution in [1.29, 1.82) is 0 Å². The second kappa shape index (κ2) is 7.07. The van der Waals surface area contributed by atoms with Gasteiger partial charge in [-0.2, -0.15) is 0 Å². The third-order valence-electron chi connectivity index (χ3n) is 2.93. The van der Waals surface area contributed by atoms with E-state index in [1.807, 2.05) is 30.3 Å². The second-order valence-electron chi connectivity index (χ2n) is 4.29. The molecule has 3 heteroatoms. The molecule has 17 heavy (non-hydrogen) atoms. The Hall–Kier alpha value is -1.35. The van der Waals surface area contributed by atoms with Gasteiger partial charge in [0.1, 0.15) is 0 Å². The zero-order chi connectivity index (χ0) is 11.8. The molecule has 0 unspecified atom stereocenters. The summed E-state index contributed by atoms with van der Waals surface area (Å²) in [5, 5.41) is 3.88. The molecule has 0 aliphatic heterocycles. The topological polar surface area (TPSA) is 30.8 Å². The van der Waals surface area contributed by atoms with Gasteiger partial charge in [-0.15, -0.1) is 0 Å². The highest BCUT2D eigenvalue weighted by Crippen LogP contribution is 2.19. The van der Waals surface area contributed by atoms with Gasteiger partial charge in [0.05, 0.1) is 18.9 Å². The van der Waals surface area contributed by atoms with Gasteiger partial charge in [0.25, 0.3) is 0 Å². The van der Waals surface area contributed by atoms with Crippen LogP contribution in [0.15, 0.2) is 35.5 Å². The largest absolute Gasteiger partial charge is 0.372 e. The minimum absolute atomic E-state index is 0.423. The van der Waals surface area contributed by atoms with E-state index in [1.54, 1.807) is 6.21 Å². The van der Waals surface area contributed by atoms with E-state index in [0.29, 0.717) is 12.7 Å². The third-order valence-corrected chi connectivity index (χ3v) is 2.93. The van der Waals surface area contributed by atoms with Crippen LogP contribution in [0.3, 0.4) is 0 Å². The van der Waals surface area contributed by atoms with Crippen molar-refractivity contribution in [1.82, 2.24) is 0 Å². The SMILES string of the molecule is C(/COC1CCCCC1)=N\Oc1ccccc1. The van der Waals surface area contributed by atoms with E-state index in [0.717, 1.165) is 5.75 Å². The van der Waals surface area contributed by atoms with Crippen molar-refractivity contribution in [3.05, 3.63) is 30.3 Å². The van der Waals surface area contributed by atoms with Crippen LogP contribution in [0.25, 0.3) is 0 Å². The lowest BCUT2D eigenvalue weighted by atomic mass is 9.98. The number of benzene rings is 1. The molecule has 92 valence electrons. The normalized spacial score (nSPS) is 17.4. The molecule has 1 aromatic rings. The standard InChI is InChI=1S/C14H19NO2/c1-3-7-13(8-4-1)16-12-11-15-17-14-9-5-2-6-10-14/h2,5-6,9-11,13H,1,3-4,7-8,12H2/b15-11+. The molecule has 0 bridgehead atoms. The summed E-state index contributed by atoms with van der Waals surface area (Å²) in [6.45, 7) is 0.539. The van der Waals surface area contributed by atoms with Crippen molar-refractivity contribution in [3.63, 3.8) is 0 Å². The third kappa shape index (κ3) is 4.57. The molecule has 0 amide bonds. The Bertz CT molecular complexity index is 331. The number of rotatable bonds is 5. The van der Waals surface area contributed by atoms with Crippen LogP contribution in [0.4, 0.5) is 0 Å². The van der Waals surface area contributed by atoms with Crippen molar-refractivity contribution in [2.24, 2.45) is 5.16 Å². The number of nitrogens with zero attached hydrogens (tertiary/aromatic N) is 1. The Kier molecular flexibility index (Phi) is 5.04. The maximum atomic E-state index is 5.69. The summed E-state index contributed by atoms with van der Waals surface area (Å²) in [6, 6.07) is 9.54. The lowest BCUT2D eigenvalue weighted by molar-refractivity contribution is 0.0537. The van der Waals surface area contributed by atoms with Gasteiger partial charge >= 0.3 is 0 Å². The van der Waals surface area contributed by atoms with Gasteiger partial charge in [-0.3, -0.25) is 0 Å². The van der Waals surface area contributed by atoms with Gasteiger partial charge in [-0.25, -0.2) is 0 Å². The molecule has 3 nitrogen and oxygen atoms in total. The summed E-state index contributed by atoms with van der Waals surface area (Å²) in [5.41, 5.74) is 0. The van der Waals surface area contributed by atoms with Crippen LogP contribution in [0, 0.1) is 0 Å². The molecule has 1 aliphatic carbocycles. The van der Waals surface area contributed by atoms with Gasteiger partial charge < -0.3 is 9.57 Å². The van der Waals surface area contributed by atoms with Crippen molar-refractivity contribution in [3.8, 4) is 5.75 Å². The molecular formula is C14H19NO2. The van der Waals surface area contributed by atoms with Gasteiger partial charge in [-0.05, 0) is 25.0 Å². The maximum Gasteiger partial charge on any atom is 0.157 e. The van der Waals surface area contributed by atoms with E-state index in [1.165, 1.54) is 32.1 Å². The van der Waals surface area contributed by atoms with Gasteiger partial charge in [0.15, 0.2) is 5.75 Å². The number of hydrogen-bond donors (Lipinski definition) is 0. The molecular weight excluding hydrogens is 214 g/mol. The minimum Gasteiger partial charge on any atom is -0.372 e. The fourth-order valence-electron chi connectivity index (χ4n) is 2.02. The molecule has 0 radical (unpaired) electrons. The predicted octanol–water partition coefficient (Wildman–Crippen LogP) is 3.40. The average Bonchev–Trinajstić information content (AvgIpc) is 2.41. The monoisotopic (exact) mass is 233 g/mol. The summed E-state index contributed by atoms with van der Waals surface area (Å²) < 4.78 is 5.69. The Morgan fingerprint density at radius 3 is 2.65 bits per heavy atom. The zero-order valence-electron chi connectivity index (χ0n) is 10.0. The summed E-state index contributed by atoms with van der Waals surface area (Å²) in [5.74, 6) is 0.751. The van der Waals surface area contributed by atoms with E-state index in [4.69, 9.17) is 9.57 Å². The molecule has 0 aromatic heterocycles. The van der Waals surface area contributed by atoms with Crippen molar-refractivity contribution in [2.75, 3.05) is 6.61 Å². The van der Waals surface area contributed by atoms with Gasteiger partial charge in [0, 0.05) is 0 Å². The van der Waals surface area contributed by atoms with Crippen LogP contribution in [-0.4, -0.2) is 18.9 Å². The van der Waals surface area contributed by atoms with E-state index in [2.05, 4.69) is 5.16 Å². The smallest absolute Gasteiger partial charge is 0.157 e. The highest BCUT2D eigenvalue weighted by Gasteiger charge is 2.12. The highest BCUT2D eigenvalue weighted by molar-refractivity contribution is 5.57. The number of hydrogen-bond acceptors (Lipinski definition) is 3. The highest BCUT2D eigenvalue weighted by atomic mass is 16.6. The van der Waals surface area contributed by atoms with Gasteiger partial charge in [-0.1, -0.05) is 42.6 Å². The zero-order valence-corrected chi connectivity index (χ0v) is 10.0. The Morgan fingerprint density at radius 2 is 1.88 bits per heavy atom. The minimum atomic E-state index is 0.423. The number of ether oxygens (including phenoxy) is 1. The Labute approximate surface area is 102 Å². The first-order chi connectivity index (χ1) is 8.45. The fourth-order valence-corrected chi connectivity index (χ4v) is 2.02. The average molecular weight is 233 g/mol. The lowest BCUT2D eigenvalue weighted by Gasteiger charge is -2.20. The summed E-state index contributed by atoms with van der Waals surface area (Å²) in [4.78, 5) is 5.18. The Morgan fingerprint density at radius 1 is 1.12 bits per heavy atom. The summed E-state index contributed by atoms with van der Waals surface area (Å²) >= 11 is 0. The van der Waals surface area contributed by atoms with Crippen LogP contribution >= 0.6 is 0 Å². The number of oxime groups is 1. The molecule has 1 aromatic carbocycles. The molecule has 1 saturated carbocycles. The van der Waals surface area contributed by atoms with Crippen LogP contribution < -0.4 is 4.84 Å².